The number of aliphatic hydroxyl groups is 1. The summed E-state index contributed by atoms with van der Waals surface area (Å²) in [5.74, 6) is -1.60. The van der Waals surface area contributed by atoms with Crippen molar-refractivity contribution in [3.8, 4) is 0 Å². The van der Waals surface area contributed by atoms with Gasteiger partial charge >= 0.3 is 11.9 Å². The standard InChI is InChI=1S/C17H28O5/c1-12(15(19)22-17(2,3)4)14(18)16(20)21-13-10-8-6-5-7-9-11-13/h13-14,18H,1,5-11H2,2-4H3. The first-order valence-electron chi connectivity index (χ1n) is 8.01. The fraction of sp³-hybridized carbons (Fsp3) is 0.765. The van der Waals surface area contributed by atoms with Crippen molar-refractivity contribution in [2.75, 3.05) is 0 Å². The Hall–Kier alpha value is -1.36. The van der Waals surface area contributed by atoms with Crippen LogP contribution in [0.15, 0.2) is 12.2 Å². The van der Waals surface area contributed by atoms with E-state index in [1.54, 1.807) is 20.8 Å². The Morgan fingerprint density at radius 2 is 1.59 bits per heavy atom. The Morgan fingerprint density at radius 3 is 2.09 bits per heavy atom. The molecule has 1 fully saturated rings. The average Bonchev–Trinajstić information content (AvgIpc) is 2.37. The van der Waals surface area contributed by atoms with E-state index in [-0.39, 0.29) is 11.7 Å². The zero-order valence-corrected chi connectivity index (χ0v) is 13.9. The van der Waals surface area contributed by atoms with Crippen molar-refractivity contribution in [3.63, 3.8) is 0 Å². The van der Waals surface area contributed by atoms with E-state index in [1.807, 2.05) is 0 Å². The van der Waals surface area contributed by atoms with Crippen molar-refractivity contribution in [3.05, 3.63) is 12.2 Å². The van der Waals surface area contributed by atoms with Crippen molar-refractivity contribution in [1.29, 1.82) is 0 Å². The number of rotatable bonds is 4. The van der Waals surface area contributed by atoms with E-state index >= 15 is 0 Å². The van der Waals surface area contributed by atoms with Gasteiger partial charge in [0.15, 0.2) is 6.10 Å². The second-order valence-electron chi connectivity index (χ2n) is 6.83. The van der Waals surface area contributed by atoms with E-state index in [9.17, 15) is 14.7 Å². The second kappa shape index (κ2) is 8.32. The maximum Gasteiger partial charge on any atom is 0.340 e. The fourth-order valence-corrected chi connectivity index (χ4v) is 2.36. The Labute approximate surface area is 132 Å². The molecule has 0 radical (unpaired) electrons. The van der Waals surface area contributed by atoms with Gasteiger partial charge in [-0.15, -0.1) is 0 Å². The van der Waals surface area contributed by atoms with Gasteiger partial charge in [0.25, 0.3) is 0 Å². The van der Waals surface area contributed by atoms with E-state index in [1.165, 1.54) is 6.42 Å². The molecule has 0 aromatic heterocycles. The van der Waals surface area contributed by atoms with Crippen LogP contribution < -0.4 is 0 Å². The van der Waals surface area contributed by atoms with Gasteiger partial charge in [0, 0.05) is 0 Å². The summed E-state index contributed by atoms with van der Waals surface area (Å²) in [7, 11) is 0. The zero-order valence-electron chi connectivity index (χ0n) is 13.9. The van der Waals surface area contributed by atoms with Gasteiger partial charge in [-0.1, -0.05) is 25.8 Å². The lowest BCUT2D eigenvalue weighted by molar-refractivity contribution is -0.162. The minimum absolute atomic E-state index is 0.186. The lowest BCUT2D eigenvalue weighted by atomic mass is 9.98. The quantitative estimate of drug-likeness (QED) is 0.638. The van der Waals surface area contributed by atoms with Crippen LogP contribution in [0.5, 0.6) is 0 Å². The van der Waals surface area contributed by atoms with Gasteiger partial charge in [0.1, 0.15) is 11.7 Å². The van der Waals surface area contributed by atoms with E-state index in [2.05, 4.69) is 6.58 Å². The molecule has 126 valence electrons. The molecule has 1 N–H and O–H groups in total. The Balaban J connectivity index is 2.52. The SMILES string of the molecule is C=C(C(=O)OC(C)(C)C)C(O)C(=O)OC1CCCCCCC1. The maximum atomic E-state index is 12.0. The van der Waals surface area contributed by atoms with Crippen LogP contribution in [-0.2, 0) is 19.1 Å². The first-order valence-corrected chi connectivity index (χ1v) is 8.01. The molecule has 1 atom stereocenters. The Bertz CT molecular complexity index is 400. The van der Waals surface area contributed by atoms with Crippen molar-refractivity contribution in [2.45, 2.75) is 83.5 Å². The minimum atomic E-state index is -1.67. The highest BCUT2D eigenvalue weighted by Gasteiger charge is 2.30. The molecule has 0 heterocycles. The molecule has 0 aliphatic heterocycles. The normalized spacial score (nSPS) is 18.7. The number of hydrogen-bond acceptors (Lipinski definition) is 5. The van der Waals surface area contributed by atoms with Crippen LogP contribution in [-0.4, -0.2) is 34.9 Å². The summed E-state index contributed by atoms with van der Waals surface area (Å²) in [6.07, 6.45) is 5.28. The molecule has 0 aromatic rings. The summed E-state index contributed by atoms with van der Waals surface area (Å²) in [6, 6.07) is 0. The topological polar surface area (TPSA) is 72.8 Å². The maximum absolute atomic E-state index is 12.0. The largest absolute Gasteiger partial charge is 0.460 e. The molecule has 5 heteroatoms. The van der Waals surface area contributed by atoms with Crippen LogP contribution in [0.4, 0.5) is 0 Å². The molecular weight excluding hydrogens is 284 g/mol. The van der Waals surface area contributed by atoms with Gasteiger partial charge in [-0.3, -0.25) is 0 Å². The molecule has 1 rings (SSSR count). The average molecular weight is 312 g/mol. The number of esters is 2. The van der Waals surface area contributed by atoms with Crippen molar-refractivity contribution >= 4 is 11.9 Å². The first kappa shape index (κ1) is 18.7. The molecule has 22 heavy (non-hydrogen) atoms. The summed E-state index contributed by atoms with van der Waals surface area (Å²) in [4.78, 5) is 23.8. The van der Waals surface area contributed by atoms with Crippen LogP contribution in [0, 0.1) is 0 Å². The number of carbonyl (C=O) groups is 2. The molecule has 0 spiro atoms. The molecule has 0 amide bonds. The molecule has 0 saturated heterocycles. The predicted molar refractivity (Wildman–Crippen MR) is 83.2 cm³/mol. The summed E-state index contributed by atoms with van der Waals surface area (Å²) >= 11 is 0. The molecule has 0 aromatic carbocycles. The second-order valence-corrected chi connectivity index (χ2v) is 6.83. The Kier molecular flexibility index (Phi) is 7.07. The fourth-order valence-electron chi connectivity index (χ4n) is 2.36. The van der Waals surface area contributed by atoms with E-state index in [0.29, 0.717) is 0 Å². The minimum Gasteiger partial charge on any atom is -0.460 e. The molecule has 1 unspecified atom stereocenters. The number of aliphatic hydroxyl groups excluding tert-OH is 1. The van der Waals surface area contributed by atoms with Crippen LogP contribution in [0.2, 0.25) is 0 Å². The monoisotopic (exact) mass is 312 g/mol. The van der Waals surface area contributed by atoms with Crippen molar-refractivity contribution in [2.24, 2.45) is 0 Å². The number of carbonyl (C=O) groups excluding carboxylic acids is 2. The molecule has 1 aliphatic rings. The Morgan fingerprint density at radius 1 is 1.09 bits per heavy atom. The van der Waals surface area contributed by atoms with Crippen LogP contribution in [0.25, 0.3) is 0 Å². The van der Waals surface area contributed by atoms with Gasteiger partial charge < -0.3 is 14.6 Å². The van der Waals surface area contributed by atoms with Gasteiger partial charge in [-0.2, -0.15) is 0 Å². The molecular formula is C17H28O5. The van der Waals surface area contributed by atoms with Gasteiger partial charge in [-0.05, 0) is 46.5 Å². The molecule has 1 aliphatic carbocycles. The highest BCUT2D eigenvalue weighted by atomic mass is 16.6. The third kappa shape index (κ3) is 6.60. The van der Waals surface area contributed by atoms with Crippen molar-refractivity contribution in [1.82, 2.24) is 0 Å². The van der Waals surface area contributed by atoms with E-state index in [0.717, 1.165) is 38.5 Å². The highest BCUT2D eigenvalue weighted by Crippen LogP contribution is 2.21. The van der Waals surface area contributed by atoms with Gasteiger partial charge in [0.05, 0.1) is 5.57 Å². The van der Waals surface area contributed by atoms with Crippen LogP contribution in [0.1, 0.15) is 65.7 Å². The molecule has 0 bridgehead atoms. The number of hydrogen-bond donors (Lipinski definition) is 1. The summed E-state index contributed by atoms with van der Waals surface area (Å²) < 4.78 is 10.4. The van der Waals surface area contributed by atoms with Crippen LogP contribution >= 0.6 is 0 Å². The summed E-state index contributed by atoms with van der Waals surface area (Å²) in [5.41, 5.74) is -0.991. The van der Waals surface area contributed by atoms with Gasteiger partial charge in [-0.25, -0.2) is 9.59 Å². The van der Waals surface area contributed by atoms with Crippen molar-refractivity contribution < 1.29 is 24.2 Å². The summed E-state index contributed by atoms with van der Waals surface area (Å²) in [6.45, 7) is 8.58. The third-order valence-electron chi connectivity index (χ3n) is 3.55. The van der Waals surface area contributed by atoms with Gasteiger partial charge in [0.2, 0.25) is 0 Å². The predicted octanol–water partition coefficient (Wildman–Crippen LogP) is 2.90. The summed E-state index contributed by atoms with van der Waals surface area (Å²) in [5, 5.41) is 9.94. The van der Waals surface area contributed by atoms with E-state index in [4.69, 9.17) is 9.47 Å². The lowest BCUT2D eigenvalue weighted by Crippen LogP contribution is -2.34. The molecule has 1 saturated carbocycles. The first-order chi connectivity index (χ1) is 10.2. The van der Waals surface area contributed by atoms with Crippen LogP contribution in [0.3, 0.4) is 0 Å². The van der Waals surface area contributed by atoms with E-state index < -0.39 is 23.6 Å². The number of ether oxygens (including phenoxy) is 2. The zero-order chi connectivity index (χ0) is 16.8. The smallest absolute Gasteiger partial charge is 0.340 e. The highest BCUT2D eigenvalue weighted by molar-refractivity contribution is 5.96. The third-order valence-corrected chi connectivity index (χ3v) is 3.55. The lowest BCUT2D eigenvalue weighted by Gasteiger charge is -2.23. The molecule has 5 nitrogen and oxygen atoms in total.